The van der Waals surface area contributed by atoms with Gasteiger partial charge in [-0.15, -0.1) is 0 Å². The maximum atomic E-state index is 2.41. The highest BCUT2D eigenvalue weighted by molar-refractivity contribution is 6.17. The first-order valence-corrected chi connectivity index (χ1v) is 12.6. The second-order valence-corrected chi connectivity index (χ2v) is 9.85. The number of hydrogen-bond acceptors (Lipinski definition) is 0. The van der Waals surface area contributed by atoms with Crippen LogP contribution in [0.2, 0.25) is 0 Å². The van der Waals surface area contributed by atoms with Crippen LogP contribution in [-0.4, -0.2) is 0 Å². The van der Waals surface area contributed by atoms with Gasteiger partial charge in [-0.05, 0) is 104 Å². The highest BCUT2D eigenvalue weighted by Gasteiger charge is 2.23. The topological polar surface area (TPSA) is 0 Å². The van der Waals surface area contributed by atoms with Crippen LogP contribution in [0.25, 0.3) is 66.4 Å². The molecule has 7 rings (SSSR count). The lowest BCUT2D eigenvalue weighted by molar-refractivity contribution is 1.38. The van der Waals surface area contributed by atoms with Crippen molar-refractivity contribution in [1.82, 2.24) is 0 Å². The maximum absolute atomic E-state index is 2.41. The van der Waals surface area contributed by atoms with Gasteiger partial charge in [0.2, 0.25) is 0 Å². The van der Waals surface area contributed by atoms with Gasteiger partial charge in [0, 0.05) is 0 Å². The summed E-state index contributed by atoms with van der Waals surface area (Å²) in [6.07, 6.45) is 0. The van der Waals surface area contributed by atoms with E-state index in [0.717, 1.165) is 0 Å². The zero-order chi connectivity index (χ0) is 24.2. The summed E-state index contributed by atoms with van der Waals surface area (Å²) in [4.78, 5) is 0. The van der Waals surface area contributed by atoms with Crippen molar-refractivity contribution in [3.63, 3.8) is 0 Å². The van der Waals surface area contributed by atoms with E-state index in [1.807, 2.05) is 0 Å². The van der Waals surface area contributed by atoms with E-state index in [0.29, 0.717) is 0 Å². The molecule has 0 aliphatic heterocycles. The van der Waals surface area contributed by atoms with E-state index in [1.54, 1.807) is 0 Å². The Morgan fingerprint density at radius 3 is 1.81 bits per heavy atom. The predicted molar refractivity (Wildman–Crippen MR) is 154 cm³/mol. The molecular formula is C36H26. The third kappa shape index (κ3) is 3.15. The van der Waals surface area contributed by atoms with Crippen LogP contribution in [0.15, 0.2) is 121 Å². The van der Waals surface area contributed by atoms with Crippen molar-refractivity contribution in [1.29, 1.82) is 0 Å². The lowest BCUT2D eigenvalue weighted by atomic mass is 9.89. The molecule has 0 nitrogen and oxygen atoms in total. The standard InChI is InChI=1S/C36H26/c1-23-20-35-34-22-28(17-19-31(34)32-15-9-14-29(24(23)2)36(32)35)33-21-27(25-10-5-3-6-11-25)16-18-30(33)26-12-7-4-8-13-26/h3-22H,1-2H3. The van der Waals surface area contributed by atoms with Gasteiger partial charge in [0.1, 0.15) is 0 Å². The summed E-state index contributed by atoms with van der Waals surface area (Å²) >= 11 is 0. The summed E-state index contributed by atoms with van der Waals surface area (Å²) in [5.41, 5.74) is 15.6. The summed E-state index contributed by atoms with van der Waals surface area (Å²) in [7, 11) is 0. The lowest BCUT2D eigenvalue weighted by Gasteiger charge is -2.15. The van der Waals surface area contributed by atoms with Crippen LogP contribution >= 0.6 is 0 Å². The highest BCUT2D eigenvalue weighted by atomic mass is 14.3. The first kappa shape index (κ1) is 20.9. The molecule has 36 heavy (non-hydrogen) atoms. The quantitative estimate of drug-likeness (QED) is 0.247. The lowest BCUT2D eigenvalue weighted by Crippen LogP contribution is -1.89. The van der Waals surface area contributed by atoms with Gasteiger partial charge in [0.05, 0.1) is 0 Å². The fourth-order valence-electron chi connectivity index (χ4n) is 5.83. The molecule has 0 saturated carbocycles. The number of rotatable bonds is 3. The van der Waals surface area contributed by atoms with E-state index >= 15 is 0 Å². The fraction of sp³-hybridized carbons (Fsp3) is 0.0556. The van der Waals surface area contributed by atoms with Crippen molar-refractivity contribution in [3.8, 4) is 55.6 Å². The molecular weight excluding hydrogens is 432 g/mol. The van der Waals surface area contributed by atoms with Gasteiger partial charge in [-0.25, -0.2) is 0 Å². The molecule has 0 unspecified atom stereocenters. The van der Waals surface area contributed by atoms with E-state index in [-0.39, 0.29) is 0 Å². The molecule has 0 fully saturated rings. The first-order valence-electron chi connectivity index (χ1n) is 12.6. The molecule has 0 spiro atoms. The van der Waals surface area contributed by atoms with Gasteiger partial charge in [0.25, 0.3) is 0 Å². The van der Waals surface area contributed by atoms with Crippen LogP contribution in [0.4, 0.5) is 0 Å². The minimum Gasteiger partial charge on any atom is -0.0622 e. The average molecular weight is 459 g/mol. The monoisotopic (exact) mass is 458 g/mol. The Bertz CT molecular complexity index is 1770. The third-order valence-corrected chi connectivity index (χ3v) is 7.81. The Balaban J connectivity index is 1.47. The van der Waals surface area contributed by atoms with E-state index in [1.165, 1.54) is 77.5 Å². The number of aryl methyl sites for hydroxylation is 2. The Kier molecular flexibility index (Phi) is 4.69. The molecule has 0 N–H and O–H groups in total. The Hall–Kier alpha value is -4.42. The molecule has 0 atom stereocenters. The first-order chi connectivity index (χ1) is 17.7. The molecule has 0 aromatic heterocycles. The van der Waals surface area contributed by atoms with E-state index < -0.39 is 0 Å². The van der Waals surface area contributed by atoms with Crippen LogP contribution in [0.1, 0.15) is 11.1 Å². The zero-order valence-corrected chi connectivity index (χ0v) is 20.5. The summed E-state index contributed by atoms with van der Waals surface area (Å²) in [6, 6.07) is 44.5. The van der Waals surface area contributed by atoms with Crippen molar-refractivity contribution in [2.45, 2.75) is 13.8 Å². The predicted octanol–water partition coefficient (Wildman–Crippen LogP) is 10.1. The summed E-state index contributed by atoms with van der Waals surface area (Å²) in [6.45, 7) is 4.48. The summed E-state index contributed by atoms with van der Waals surface area (Å²) in [5.74, 6) is 0. The molecule has 0 radical (unpaired) electrons. The van der Waals surface area contributed by atoms with Crippen LogP contribution in [0.3, 0.4) is 0 Å². The van der Waals surface area contributed by atoms with Gasteiger partial charge in [-0.3, -0.25) is 0 Å². The van der Waals surface area contributed by atoms with Crippen molar-refractivity contribution >= 4 is 10.8 Å². The fourth-order valence-corrected chi connectivity index (χ4v) is 5.83. The minimum atomic E-state index is 1.24. The number of hydrogen-bond donors (Lipinski definition) is 0. The molecule has 0 heteroatoms. The molecule has 6 aromatic rings. The van der Waals surface area contributed by atoms with Gasteiger partial charge in [0.15, 0.2) is 0 Å². The molecule has 0 amide bonds. The molecule has 0 bridgehead atoms. The summed E-state index contributed by atoms with van der Waals surface area (Å²) in [5, 5.41) is 2.77. The SMILES string of the molecule is Cc1cc2c3c(cccc3c1C)-c1ccc(-c3cc(-c4ccccc4)ccc3-c3ccccc3)cc1-2. The van der Waals surface area contributed by atoms with Gasteiger partial charge < -0.3 is 0 Å². The second-order valence-electron chi connectivity index (χ2n) is 9.85. The Morgan fingerprint density at radius 2 is 1.03 bits per heavy atom. The average Bonchev–Trinajstić information content (AvgIpc) is 3.26. The van der Waals surface area contributed by atoms with E-state index in [2.05, 4.69) is 135 Å². The van der Waals surface area contributed by atoms with Gasteiger partial charge in [-0.1, -0.05) is 109 Å². The second kappa shape index (κ2) is 8.07. The van der Waals surface area contributed by atoms with Crippen LogP contribution < -0.4 is 0 Å². The Morgan fingerprint density at radius 1 is 0.361 bits per heavy atom. The van der Waals surface area contributed by atoms with Gasteiger partial charge in [-0.2, -0.15) is 0 Å². The molecule has 1 aliphatic carbocycles. The van der Waals surface area contributed by atoms with Crippen molar-refractivity contribution in [2.24, 2.45) is 0 Å². The molecule has 6 aromatic carbocycles. The third-order valence-electron chi connectivity index (χ3n) is 7.81. The molecule has 1 aliphatic rings. The molecule has 0 heterocycles. The minimum absolute atomic E-state index is 1.24. The van der Waals surface area contributed by atoms with Crippen LogP contribution in [0.5, 0.6) is 0 Å². The zero-order valence-electron chi connectivity index (χ0n) is 20.5. The van der Waals surface area contributed by atoms with Crippen molar-refractivity contribution in [2.75, 3.05) is 0 Å². The van der Waals surface area contributed by atoms with E-state index in [4.69, 9.17) is 0 Å². The van der Waals surface area contributed by atoms with Crippen LogP contribution in [0, 0.1) is 13.8 Å². The smallest absolute Gasteiger partial charge is 0.00235 e. The van der Waals surface area contributed by atoms with E-state index in [9.17, 15) is 0 Å². The van der Waals surface area contributed by atoms with Crippen molar-refractivity contribution < 1.29 is 0 Å². The van der Waals surface area contributed by atoms with Crippen molar-refractivity contribution in [3.05, 3.63) is 132 Å². The summed E-state index contributed by atoms with van der Waals surface area (Å²) < 4.78 is 0. The molecule has 170 valence electrons. The van der Waals surface area contributed by atoms with Crippen LogP contribution in [-0.2, 0) is 0 Å². The number of benzene rings is 6. The maximum Gasteiger partial charge on any atom is -0.00235 e. The highest BCUT2D eigenvalue weighted by Crippen LogP contribution is 2.50. The number of fused-ring (bicyclic) bond motifs is 3. The largest absolute Gasteiger partial charge is 0.0622 e. The normalized spacial score (nSPS) is 11.6. The van der Waals surface area contributed by atoms with Gasteiger partial charge >= 0.3 is 0 Å². The molecule has 0 saturated heterocycles. The Labute approximate surface area is 212 Å².